The van der Waals surface area contributed by atoms with Crippen molar-refractivity contribution in [2.24, 2.45) is 4.99 Å². The third-order valence-corrected chi connectivity index (χ3v) is 5.72. The van der Waals surface area contributed by atoms with Gasteiger partial charge in [-0.2, -0.15) is 0 Å². The standard InChI is InChI=1S/C22H32N2OSi/c1-8-24(4)16-23-21-12-18(3)22(13-17(21)2)25-20-11-9-10-19(14-20)15-26(5,6)7/h9-14,16H,8,15H2,1-7H3/b23-16+. The molecule has 0 spiro atoms. The number of hydrogen-bond acceptors (Lipinski definition) is 2. The highest BCUT2D eigenvalue weighted by Crippen LogP contribution is 2.32. The van der Waals surface area contributed by atoms with Crippen LogP contribution in [0.5, 0.6) is 11.5 Å². The SMILES string of the molecule is CCN(C)/C=N/c1cc(C)c(Oc2cccc(C[Si](C)(C)C)c2)cc1C. The smallest absolute Gasteiger partial charge is 0.130 e. The molecule has 3 nitrogen and oxygen atoms in total. The summed E-state index contributed by atoms with van der Waals surface area (Å²) in [6.07, 6.45) is 1.88. The van der Waals surface area contributed by atoms with Gasteiger partial charge >= 0.3 is 0 Å². The third kappa shape index (κ3) is 6.02. The number of nitrogens with zero attached hydrogens (tertiary/aromatic N) is 2. The van der Waals surface area contributed by atoms with Crippen molar-refractivity contribution in [1.29, 1.82) is 0 Å². The molecule has 0 aliphatic rings. The number of hydrogen-bond donors (Lipinski definition) is 0. The lowest BCUT2D eigenvalue weighted by Gasteiger charge is -2.17. The zero-order valence-corrected chi connectivity index (χ0v) is 18.3. The molecule has 0 amide bonds. The van der Waals surface area contributed by atoms with Crippen molar-refractivity contribution in [2.75, 3.05) is 13.6 Å². The van der Waals surface area contributed by atoms with E-state index < -0.39 is 8.07 Å². The minimum atomic E-state index is -1.14. The van der Waals surface area contributed by atoms with E-state index in [-0.39, 0.29) is 0 Å². The van der Waals surface area contributed by atoms with Crippen LogP contribution in [0.1, 0.15) is 23.6 Å². The lowest BCUT2D eigenvalue weighted by Crippen LogP contribution is -2.23. The van der Waals surface area contributed by atoms with Crippen molar-refractivity contribution in [3.8, 4) is 11.5 Å². The molecule has 0 atom stereocenters. The molecule has 0 aliphatic heterocycles. The normalized spacial score (nSPS) is 11.8. The summed E-state index contributed by atoms with van der Waals surface area (Å²) in [5.41, 5.74) is 4.56. The summed E-state index contributed by atoms with van der Waals surface area (Å²) in [5.74, 6) is 1.81. The molecule has 0 radical (unpaired) electrons. The first-order chi connectivity index (χ1) is 12.2. The fourth-order valence-electron chi connectivity index (χ4n) is 2.72. The van der Waals surface area contributed by atoms with Gasteiger partial charge in [0.25, 0.3) is 0 Å². The van der Waals surface area contributed by atoms with Gasteiger partial charge in [-0.3, -0.25) is 0 Å². The average molecular weight is 369 g/mol. The Morgan fingerprint density at radius 2 is 1.81 bits per heavy atom. The zero-order chi connectivity index (χ0) is 19.3. The monoisotopic (exact) mass is 368 g/mol. The minimum absolute atomic E-state index is 0.899. The van der Waals surface area contributed by atoms with Crippen LogP contribution in [0, 0.1) is 13.8 Å². The highest BCUT2D eigenvalue weighted by atomic mass is 28.3. The highest BCUT2D eigenvalue weighted by Gasteiger charge is 2.14. The van der Waals surface area contributed by atoms with Crippen molar-refractivity contribution < 1.29 is 4.74 Å². The molecule has 0 aliphatic carbocycles. The summed E-state index contributed by atoms with van der Waals surface area (Å²) in [5, 5.41) is 0. The van der Waals surface area contributed by atoms with Crippen molar-refractivity contribution in [2.45, 2.75) is 46.5 Å². The van der Waals surface area contributed by atoms with Gasteiger partial charge in [0.1, 0.15) is 11.5 Å². The topological polar surface area (TPSA) is 24.8 Å². The Hall–Kier alpha value is -2.07. The molecule has 0 N–H and O–H groups in total. The summed E-state index contributed by atoms with van der Waals surface area (Å²) in [7, 11) is 0.887. The van der Waals surface area contributed by atoms with Crippen LogP contribution in [0.2, 0.25) is 19.6 Å². The summed E-state index contributed by atoms with van der Waals surface area (Å²) in [4.78, 5) is 6.65. The van der Waals surface area contributed by atoms with E-state index in [1.807, 2.05) is 19.5 Å². The second kappa shape index (κ2) is 8.54. The Bertz CT molecular complexity index is 778. The van der Waals surface area contributed by atoms with E-state index >= 15 is 0 Å². The highest BCUT2D eigenvalue weighted by molar-refractivity contribution is 6.75. The summed E-state index contributed by atoms with van der Waals surface area (Å²) < 4.78 is 6.20. The van der Waals surface area contributed by atoms with Crippen LogP contribution in [0.25, 0.3) is 0 Å². The molecule has 0 unspecified atom stereocenters. The lowest BCUT2D eigenvalue weighted by atomic mass is 10.1. The van der Waals surface area contributed by atoms with Gasteiger partial charge in [-0.1, -0.05) is 31.8 Å². The average Bonchev–Trinajstić information content (AvgIpc) is 2.55. The van der Waals surface area contributed by atoms with Crippen molar-refractivity contribution in [1.82, 2.24) is 4.90 Å². The first kappa shape index (κ1) is 20.2. The van der Waals surface area contributed by atoms with Gasteiger partial charge in [-0.25, -0.2) is 4.99 Å². The number of aryl methyl sites for hydroxylation is 2. The third-order valence-electron chi connectivity index (χ3n) is 4.25. The molecule has 26 heavy (non-hydrogen) atoms. The second-order valence-corrected chi connectivity index (χ2v) is 13.7. The van der Waals surface area contributed by atoms with E-state index in [2.05, 4.69) is 80.6 Å². The van der Waals surface area contributed by atoms with Crippen LogP contribution in [0.3, 0.4) is 0 Å². The maximum atomic E-state index is 6.20. The first-order valence-corrected chi connectivity index (χ1v) is 13.0. The fraction of sp³-hybridized carbons (Fsp3) is 0.409. The van der Waals surface area contributed by atoms with Crippen LogP contribution in [0.4, 0.5) is 5.69 Å². The Labute approximate surface area is 159 Å². The van der Waals surface area contributed by atoms with E-state index in [1.165, 1.54) is 11.6 Å². The van der Waals surface area contributed by atoms with Crippen molar-refractivity contribution >= 4 is 20.1 Å². The van der Waals surface area contributed by atoms with Gasteiger partial charge in [0, 0.05) is 21.7 Å². The van der Waals surface area contributed by atoms with Crippen LogP contribution < -0.4 is 4.74 Å². The van der Waals surface area contributed by atoms with Crippen molar-refractivity contribution in [3.05, 3.63) is 53.1 Å². The molecule has 0 fully saturated rings. The molecular weight excluding hydrogens is 336 g/mol. The second-order valence-electron chi connectivity index (χ2n) is 8.21. The molecule has 0 bridgehead atoms. The van der Waals surface area contributed by atoms with E-state index in [0.29, 0.717) is 0 Å². The molecule has 0 aromatic heterocycles. The van der Waals surface area contributed by atoms with Crippen molar-refractivity contribution in [3.63, 3.8) is 0 Å². The van der Waals surface area contributed by atoms with E-state index in [0.717, 1.165) is 34.9 Å². The van der Waals surface area contributed by atoms with E-state index in [9.17, 15) is 0 Å². The van der Waals surface area contributed by atoms with Gasteiger partial charge in [0.2, 0.25) is 0 Å². The summed E-state index contributed by atoms with van der Waals surface area (Å²) in [6.45, 7) is 14.4. The Kier molecular flexibility index (Phi) is 6.65. The van der Waals surface area contributed by atoms with E-state index in [4.69, 9.17) is 4.74 Å². The lowest BCUT2D eigenvalue weighted by molar-refractivity contribution is 0.478. The van der Waals surface area contributed by atoms with Gasteiger partial charge < -0.3 is 9.64 Å². The number of aliphatic imine (C=N–C) groups is 1. The summed E-state index contributed by atoms with van der Waals surface area (Å²) >= 11 is 0. The van der Waals surface area contributed by atoms with Crippen LogP contribution in [0.15, 0.2) is 41.4 Å². The molecule has 0 heterocycles. The van der Waals surface area contributed by atoms with Gasteiger partial charge in [0.15, 0.2) is 0 Å². The van der Waals surface area contributed by atoms with Gasteiger partial charge in [-0.05, 0) is 67.8 Å². The predicted octanol–water partition coefficient (Wildman–Crippen LogP) is 6.13. The zero-order valence-electron chi connectivity index (χ0n) is 17.3. The van der Waals surface area contributed by atoms with Crippen LogP contribution >= 0.6 is 0 Å². The Morgan fingerprint density at radius 1 is 1.08 bits per heavy atom. The van der Waals surface area contributed by atoms with Crippen LogP contribution in [-0.2, 0) is 6.04 Å². The molecule has 0 saturated heterocycles. The predicted molar refractivity (Wildman–Crippen MR) is 116 cm³/mol. The molecule has 2 rings (SSSR count). The van der Waals surface area contributed by atoms with E-state index in [1.54, 1.807) is 0 Å². The molecule has 140 valence electrons. The minimum Gasteiger partial charge on any atom is -0.457 e. The molecule has 2 aromatic rings. The maximum Gasteiger partial charge on any atom is 0.130 e. The maximum absolute atomic E-state index is 6.20. The molecule has 2 aromatic carbocycles. The number of benzene rings is 2. The number of ether oxygens (including phenoxy) is 1. The quantitative estimate of drug-likeness (QED) is 0.334. The van der Waals surface area contributed by atoms with Crippen LogP contribution in [-0.4, -0.2) is 32.9 Å². The molecule has 0 saturated carbocycles. The van der Waals surface area contributed by atoms with Gasteiger partial charge in [0.05, 0.1) is 12.0 Å². The largest absolute Gasteiger partial charge is 0.457 e. The fourth-order valence-corrected chi connectivity index (χ4v) is 4.17. The Morgan fingerprint density at radius 3 is 2.46 bits per heavy atom. The van der Waals surface area contributed by atoms with Gasteiger partial charge in [-0.15, -0.1) is 0 Å². The number of rotatable bonds is 7. The molecular formula is C22H32N2OSi. The first-order valence-electron chi connectivity index (χ1n) is 9.30. The summed E-state index contributed by atoms with van der Waals surface area (Å²) in [6, 6.07) is 13.8. The Balaban J connectivity index is 2.21. The molecule has 4 heteroatoms.